The number of nitrogens with zero attached hydrogens (tertiary/aromatic N) is 3. The molecule has 2 aromatic carbocycles. The Bertz CT molecular complexity index is 942. The van der Waals surface area contributed by atoms with Crippen molar-refractivity contribution in [2.75, 3.05) is 11.4 Å². The van der Waals surface area contributed by atoms with E-state index in [4.69, 9.17) is 5.26 Å². The molecule has 4 heteroatoms. The number of nitriles is 1. The number of aromatic nitrogens is 1. The number of nitrogens with one attached hydrogen (secondary N) is 1. The van der Waals surface area contributed by atoms with Crippen molar-refractivity contribution in [2.45, 2.75) is 32.0 Å². The summed E-state index contributed by atoms with van der Waals surface area (Å²) >= 11 is 0. The van der Waals surface area contributed by atoms with Crippen LogP contribution < -0.4 is 10.2 Å². The number of anilines is 1. The first-order valence-electron chi connectivity index (χ1n) is 9.07. The summed E-state index contributed by atoms with van der Waals surface area (Å²) in [5, 5.41) is 13.7. The average Bonchev–Trinajstić information content (AvgIpc) is 3.12. The first-order valence-corrected chi connectivity index (χ1v) is 9.07. The summed E-state index contributed by atoms with van der Waals surface area (Å²) in [5.74, 6) is 0. The zero-order chi connectivity index (χ0) is 17.9. The lowest BCUT2D eigenvalue weighted by molar-refractivity contribution is 0.614. The Morgan fingerprint density at radius 1 is 1.19 bits per heavy atom. The average molecular weight is 342 g/mol. The van der Waals surface area contributed by atoms with Gasteiger partial charge >= 0.3 is 0 Å². The summed E-state index contributed by atoms with van der Waals surface area (Å²) in [5.41, 5.74) is 4.13. The number of fused-ring (bicyclic) bond motifs is 1. The van der Waals surface area contributed by atoms with Crippen molar-refractivity contribution in [3.05, 3.63) is 71.9 Å². The van der Waals surface area contributed by atoms with E-state index >= 15 is 0 Å². The fourth-order valence-corrected chi connectivity index (χ4v) is 3.70. The Morgan fingerprint density at radius 2 is 2.04 bits per heavy atom. The van der Waals surface area contributed by atoms with Gasteiger partial charge in [0.15, 0.2) is 0 Å². The van der Waals surface area contributed by atoms with Gasteiger partial charge in [-0.25, -0.2) is 0 Å². The van der Waals surface area contributed by atoms with Gasteiger partial charge in [0.1, 0.15) is 0 Å². The normalized spacial score (nSPS) is 19.4. The molecule has 2 unspecified atom stereocenters. The second-order valence-corrected chi connectivity index (χ2v) is 7.02. The SMILES string of the molecule is CC1CC(N(Cc2ccc(C#N)cc2)c2ccc3cccnc3c2)CN1. The number of benzene rings is 2. The molecule has 1 aromatic heterocycles. The van der Waals surface area contributed by atoms with E-state index in [2.05, 4.69) is 64.6 Å². The first kappa shape index (κ1) is 16.6. The maximum atomic E-state index is 9.02. The maximum absolute atomic E-state index is 9.02. The Morgan fingerprint density at radius 3 is 2.77 bits per heavy atom. The summed E-state index contributed by atoms with van der Waals surface area (Å²) in [6.07, 6.45) is 2.97. The van der Waals surface area contributed by atoms with E-state index in [-0.39, 0.29) is 0 Å². The van der Waals surface area contributed by atoms with Gasteiger partial charge in [-0.05, 0) is 49.2 Å². The van der Waals surface area contributed by atoms with Gasteiger partial charge in [0.25, 0.3) is 0 Å². The summed E-state index contributed by atoms with van der Waals surface area (Å²) < 4.78 is 0. The number of rotatable bonds is 4. The molecular formula is C22H22N4. The van der Waals surface area contributed by atoms with Crippen LogP contribution in [0, 0.1) is 11.3 Å². The second-order valence-electron chi connectivity index (χ2n) is 7.02. The lowest BCUT2D eigenvalue weighted by atomic mass is 10.1. The molecule has 3 aromatic rings. The minimum absolute atomic E-state index is 0.446. The van der Waals surface area contributed by atoms with E-state index in [0.717, 1.165) is 30.4 Å². The van der Waals surface area contributed by atoms with Gasteiger partial charge in [0.05, 0.1) is 17.1 Å². The molecule has 0 saturated carbocycles. The molecule has 0 bridgehead atoms. The monoisotopic (exact) mass is 342 g/mol. The molecule has 1 aliphatic heterocycles. The number of hydrogen-bond acceptors (Lipinski definition) is 4. The van der Waals surface area contributed by atoms with E-state index in [1.807, 2.05) is 24.4 Å². The van der Waals surface area contributed by atoms with E-state index in [0.29, 0.717) is 17.6 Å². The van der Waals surface area contributed by atoms with Crippen LogP contribution in [0.2, 0.25) is 0 Å². The van der Waals surface area contributed by atoms with Gasteiger partial charge in [-0.1, -0.05) is 24.3 Å². The fourth-order valence-electron chi connectivity index (χ4n) is 3.70. The molecule has 2 heterocycles. The molecular weight excluding hydrogens is 320 g/mol. The maximum Gasteiger partial charge on any atom is 0.0991 e. The van der Waals surface area contributed by atoms with Gasteiger partial charge in [0.2, 0.25) is 0 Å². The molecule has 0 aliphatic carbocycles. The predicted octanol–water partition coefficient (Wildman–Crippen LogP) is 3.86. The Hall–Kier alpha value is -2.90. The highest BCUT2D eigenvalue weighted by atomic mass is 15.2. The molecule has 0 radical (unpaired) electrons. The van der Waals surface area contributed by atoms with E-state index < -0.39 is 0 Å². The molecule has 1 aliphatic rings. The van der Waals surface area contributed by atoms with Crippen LogP contribution in [0.5, 0.6) is 0 Å². The molecule has 1 fully saturated rings. The molecule has 1 saturated heterocycles. The zero-order valence-electron chi connectivity index (χ0n) is 14.9. The van der Waals surface area contributed by atoms with Crippen LogP contribution in [0.15, 0.2) is 60.8 Å². The van der Waals surface area contributed by atoms with Gasteiger partial charge in [0, 0.05) is 42.4 Å². The highest BCUT2D eigenvalue weighted by Crippen LogP contribution is 2.27. The molecule has 1 N–H and O–H groups in total. The zero-order valence-corrected chi connectivity index (χ0v) is 14.9. The van der Waals surface area contributed by atoms with Crippen molar-refractivity contribution in [3.63, 3.8) is 0 Å². The third-order valence-electron chi connectivity index (χ3n) is 5.13. The summed E-state index contributed by atoms with van der Waals surface area (Å²) in [7, 11) is 0. The minimum atomic E-state index is 0.446. The van der Waals surface area contributed by atoms with Crippen molar-refractivity contribution in [1.29, 1.82) is 5.26 Å². The molecule has 4 nitrogen and oxygen atoms in total. The lowest BCUT2D eigenvalue weighted by Crippen LogP contribution is -2.36. The lowest BCUT2D eigenvalue weighted by Gasteiger charge is -2.31. The molecule has 4 rings (SSSR count). The first-order chi connectivity index (χ1) is 12.7. The largest absolute Gasteiger partial charge is 0.363 e. The minimum Gasteiger partial charge on any atom is -0.363 e. The van der Waals surface area contributed by atoms with E-state index in [1.165, 1.54) is 11.3 Å². The van der Waals surface area contributed by atoms with Crippen LogP contribution in [-0.4, -0.2) is 23.6 Å². The smallest absolute Gasteiger partial charge is 0.0991 e. The highest BCUT2D eigenvalue weighted by Gasteiger charge is 2.27. The van der Waals surface area contributed by atoms with Crippen molar-refractivity contribution >= 4 is 16.6 Å². The third kappa shape index (κ3) is 3.40. The van der Waals surface area contributed by atoms with Crippen molar-refractivity contribution in [1.82, 2.24) is 10.3 Å². The topological polar surface area (TPSA) is 52.0 Å². The standard InChI is InChI=1S/C22H22N4/c1-16-11-21(14-25-16)26(15-18-6-4-17(13-23)5-7-18)20-9-8-19-3-2-10-24-22(19)12-20/h2-10,12,16,21,25H,11,14-15H2,1H3. The van der Waals surface area contributed by atoms with Crippen LogP contribution in [0.4, 0.5) is 5.69 Å². The van der Waals surface area contributed by atoms with Crippen LogP contribution in [0.3, 0.4) is 0 Å². The van der Waals surface area contributed by atoms with Crippen LogP contribution in [-0.2, 0) is 6.54 Å². The van der Waals surface area contributed by atoms with E-state index in [9.17, 15) is 0 Å². The molecule has 0 amide bonds. The molecule has 130 valence electrons. The quantitative estimate of drug-likeness (QED) is 0.782. The fraction of sp³-hybridized carbons (Fsp3) is 0.273. The molecule has 26 heavy (non-hydrogen) atoms. The summed E-state index contributed by atoms with van der Waals surface area (Å²) in [6.45, 7) is 4.04. The van der Waals surface area contributed by atoms with Gasteiger partial charge < -0.3 is 10.2 Å². The van der Waals surface area contributed by atoms with Crippen molar-refractivity contribution in [3.8, 4) is 6.07 Å². The molecule has 2 atom stereocenters. The summed E-state index contributed by atoms with van der Waals surface area (Å²) in [4.78, 5) is 6.98. The Balaban J connectivity index is 1.68. The van der Waals surface area contributed by atoms with Gasteiger partial charge in [-0.3, -0.25) is 4.98 Å². The highest BCUT2D eigenvalue weighted by molar-refractivity contribution is 5.82. The Kier molecular flexibility index (Phi) is 4.55. The third-order valence-corrected chi connectivity index (χ3v) is 5.13. The van der Waals surface area contributed by atoms with Crippen molar-refractivity contribution in [2.24, 2.45) is 0 Å². The Labute approximate surface area is 154 Å². The van der Waals surface area contributed by atoms with Crippen LogP contribution in [0.25, 0.3) is 10.9 Å². The van der Waals surface area contributed by atoms with E-state index in [1.54, 1.807) is 0 Å². The second kappa shape index (κ2) is 7.15. The molecule has 0 spiro atoms. The number of pyridine rings is 1. The van der Waals surface area contributed by atoms with Crippen LogP contribution in [0.1, 0.15) is 24.5 Å². The summed E-state index contributed by atoms with van der Waals surface area (Å²) in [6, 6.07) is 21.6. The van der Waals surface area contributed by atoms with Gasteiger partial charge in [-0.15, -0.1) is 0 Å². The predicted molar refractivity (Wildman–Crippen MR) is 105 cm³/mol. The van der Waals surface area contributed by atoms with Crippen molar-refractivity contribution < 1.29 is 0 Å². The van der Waals surface area contributed by atoms with Crippen LogP contribution >= 0.6 is 0 Å². The number of hydrogen-bond donors (Lipinski definition) is 1. The van der Waals surface area contributed by atoms with Gasteiger partial charge in [-0.2, -0.15) is 5.26 Å².